The predicted octanol–water partition coefficient (Wildman–Crippen LogP) is 1.99. The Bertz CT molecular complexity index is 497. The van der Waals surface area contributed by atoms with Crippen LogP contribution >= 0.6 is 11.3 Å². The molecule has 20 heavy (non-hydrogen) atoms. The van der Waals surface area contributed by atoms with Gasteiger partial charge in [-0.1, -0.05) is 13.8 Å². The van der Waals surface area contributed by atoms with Crippen molar-refractivity contribution in [3.05, 3.63) is 16.1 Å². The number of nitrogens with zero attached hydrogens (tertiary/aromatic N) is 2. The van der Waals surface area contributed by atoms with Crippen LogP contribution in [0.1, 0.15) is 37.3 Å². The van der Waals surface area contributed by atoms with Crippen LogP contribution in [0.15, 0.2) is 5.51 Å². The van der Waals surface area contributed by atoms with Crippen LogP contribution in [0.4, 0.5) is 0 Å². The first-order valence-electron chi connectivity index (χ1n) is 6.89. The summed E-state index contributed by atoms with van der Waals surface area (Å²) in [7, 11) is -1.53. The van der Waals surface area contributed by atoms with Crippen LogP contribution in [0.2, 0.25) is 0 Å². The second kappa shape index (κ2) is 8.07. The van der Waals surface area contributed by atoms with Gasteiger partial charge < -0.3 is 5.32 Å². The summed E-state index contributed by atoms with van der Waals surface area (Å²) in [4.78, 5) is 5.16. The van der Waals surface area contributed by atoms with E-state index in [1.165, 1.54) is 15.6 Å². The zero-order valence-corrected chi connectivity index (χ0v) is 14.4. The molecule has 0 saturated carbocycles. The Labute approximate surface area is 126 Å². The summed E-state index contributed by atoms with van der Waals surface area (Å²) in [6.45, 7) is 7.36. The molecular weight excluding hydrogens is 294 g/mol. The van der Waals surface area contributed by atoms with Gasteiger partial charge >= 0.3 is 0 Å². The van der Waals surface area contributed by atoms with E-state index in [9.17, 15) is 8.42 Å². The van der Waals surface area contributed by atoms with Crippen LogP contribution in [0.25, 0.3) is 0 Å². The van der Waals surface area contributed by atoms with Gasteiger partial charge in [0.05, 0.1) is 17.0 Å². The van der Waals surface area contributed by atoms with E-state index in [0.717, 1.165) is 23.5 Å². The molecule has 0 aliphatic rings. The first kappa shape index (κ1) is 17.6. The molecule has 116 valence electrons. The number of hydrogen-bond acceptors (Lipinski definition) is 5. The molecule has 0 spiro atoms. The maximum Gasteiger partial charge on any atom is 0.214 e. The molecule has 0 aliphatic carbocycles. The van der Waals surface area contributed by atoms with Gasteiger partial charge in [0.25, 0.3) is 0 Å². The van der Waals surface area contributed by atoms with Crippen molar-refractivity contribution in [1.82, 2.24) is 14.6 Å². The van der Waals surface area contributed by atoms with E-state index in [1.807, 2.05) is 6.92 Å². The van der Waals surface area contributed by atoms with Crippen molar-refractivity contribution in [2.24, 2.45) is 0 Å². The zero-order chi connectivity index (χ0) is 15.2. The summed E-state index contributed by atoms with van der Waals surface area (Å²) in [5.74, 6) is 0.209. The molecule has 0 bridgehead atoms. The summed E-state index contributed by atoms with van der Waals surface area (Å²) in [5, 5.41) is 3.29. The van der Waals surface area contributed by atoms with Crippen molar-refractivity contribution in [3.8, 4) is 0 Å². The Kier molecular flexibility index (Phi) is 7.08. The topological polar surface area (TPSA) is 62.3 Å². The third-order valence-corrected chi connectivity index (χ3v) is 5.87. The molecular formula is C13H25N3O2S2. The maximum atomic E-state index is 12.2. The Hall–Kier alpha value is -0.500. The lowest BCUT2D eigenvalue weighted by Gasteiger charge is -2.16. The minimum Gasteiger partial charge on any atom is -0.315 e. The highest BCUT2D eigenvalue weighted by atomic mass is 32.2. The van der Waals surface area contributed by atoms with Crippen molar-refractivity contribution in [1.29, 1.82) is 0 Å². The number of nitrogens with one attached hydrogen (secondary N) is 1. The first-order chi connectivity index (χ1) is 9.33. The van der Waals surface area contributed by atoms with Crippen molar-refractivity contribution in [2.45, 2.75) is 46.2 Å². The normalized spacial score (nSPS) is 12.5. The number of hydrogen-bond donors (Lipinski definition) is 1. The number of aryl methyl sites for hydroxylation is 1. The van der Waals surface area contributed by atoms with Crippen molar-refractivity contribution in [3.63, 3.8) is 0 Å². The van der Waals surface area contributed by atoms with Gasteiger partial charge in [-0.05, 0) is 26.3 Å². The van der Waals surface area contributed by atoms with Gasteiger partial charge in [0.15, 0.2) is 0 Å². The second-order valence-electron chi connectivity index (χ2n) is 5.25. The molecule has 1 aromatic rings. The second-order valence-corrected chi connectivity index (χ2v) is 8.38. The van der Waals surface area contributed by atoms with Crippen LogP contribution in [-0.2, 0) is 16.6 Å². The van der Waals surface area contributed by atoms with Crippen molar-refractivity contribution < 1.29 is 8.42 Å². The van der Waals surface area contributed by atoms with E-state index in [0.29, 0.717) is 19.0 Å². The first-order valence-corrected chi connectivity index (χ1v) is 9.38. The number of thiazole rings is 1. The Morgan fingerprint density at radius 2 is 2.10 bits per heavy atom. The van der Waals surface area contributed by atoms with E-state index in [1.54, 1.807) is 12.6 Å². The minimum absolute atomic E-state index is 0.209. The fourth-order valence-electron chi connectivity index (χ4n) is 1.73. The highest BCUT2D eigenvalue weighted by molar-refractivity contribution is 7.89. The summed E-state index contributed by atoms with van der Waals surface area (Å²) in [6, 6.07) is 0.448. The molecule has 7 heteroatoms. The fourth-order valence-corrected chi connectivity index (χ4v) is 3.85. The summed E-state index contributed by atoms with van der Waals surface area (Å²) in [5.41, 5.74) is 2.67. The smallest absolute Gasteiger partial charge is 0.214 e. The molecule has 0 atom stereocenters. The van der Waals surface area contributed by atoms with Gasteiger partial charge in [-0.25, -0.2) is 13.4 Å². The number of rotatable bonds is 9. The predicted molar refractivity (Wildman–Crippen MR) is 84.5 cm³/mol. The van der Waals surface area contributed by atoms with E-state index in [2.05, 4.69) is 24.1 Å². The highest BCUT2D eigenvalue weighted by Gasteiger charge is 2.19. The van der Waals surface area contributed by atoms with Crippen LogP contribution in [0.5, 0.6) is 0 Å². The molecule has 0 fully saturated rings. The SMILES string of the molecule is Cc1ncsc1CN(C)S(=O)(=O)CCCCNC(C)C. The molecule has 0 aliphatic heterocycles. The van der Waals surface area contributed by atoms with Gasteiger partial charge in [0.2, 0.25) is 10.0 Å². The average molecular weight is 319 g/mol. The Morgan fingerprint density at radius 3 is 2.65 bits per heavy atom. The lowest BCUT2D eigenvalue weighted by molar-refractivity contribution is 0.465. The van der Waals surface area contributed by atoms with E-state index in [-0.39, 0.29) is 5.75 Å². The largest absolute Gasteiger partial charge is 0.315 e. The number of unbranched alkanes of at least 4 members (excludes halogenated alkanes) is 1. The fraction of sp³-hybridized carbons (Fsp3) is 0.769. The maximum absolute atomic E-state index is 12.2. The van der Waals surface area contributed by atoms with Gasteiger partial charge in [-0.15, -0.1) is 11.3 Å². The van der Waals surface area contributed by atoms with E-state index < -0.39 is 10.0 Å². The van der Waals surface area contributed by atoms with Gasteiger partial charge in [-0.2, -0.15) is 4.31 Å². The average Bonchev–Trinajstić information content (AvgIpc) is 2.74. The van der Waals surface area contributed by atoms with Crippen molar-refractivity contribution >= 4 is 21.4 Å². The monoisotopic (exact) mass is 319 g/mol. The van der Waals surface area contributed by atoms with Crippen LogP contribution < -0.4 is 5.32 Å². The molecule has 5 nitrogen and oxygen atoms in total. The van der Waals surface area contributed by atoms with Crippen LogP contribution in [-0.4, -0.2) is 43.1 Å². The molecule has 0 saturated heterocycles. The zero-order valence-electron chi connectivity index (χ0n) is 12.7. The number of sulfonamides is 1. The molecule has 1 heterocycles. The van der Waals surface area contributed by atoms with Gasteiger partial charge in [-0.3, -0.25) is 0 Å². The van der Waals surface area contributed by atoms with E-state index in [4.69, 9.17) is 0 Å². The minimum atomic E-state index is -3.17. The van der Waals surface area contributed by atoms with Crippen molar-refractivity contribution in [2.75, 3.05) is 19.3 Å². The Morgan fingerprint density at radius 1 is 1.40 bits per heavy atom. The standard InChI is InChI=1S/C13H25N3O2S2/c1-11(2)14-7-5-6-8-20(17,18)16(4)9-13-12(3)15-10-19-13/h10-11,14H,5-9H2,1-4H3. The molecule has 0 radical (unpaired) electrons. The van der Waals surface area contributed by atoms with Crippen LogP contribution in [0.3, 0.4) is 0 Å². The molecule has 0 aromatic carbocycles. The third kappa shape index (κ3) is 5.87. The van der Waals surface area contributed by atoms with E-state index >= 15 is 0 Å². The number of aromatic nitrogens is 1. The summed E-state index contributed by atoms with van der Waals surface area (Å²) >= 11 is 1.50. The molecule has 1 aromatic heterocycles. The molecule has 0 amide bonds. The Balaban J connectivity index is 2.38. The summed E-state index contributed by atoms with van der Waals surface area (Å²) < 4.78 is 25.7. The lowest BCUT2D eigenvalue weighted by atomic mass is 10.3. The molecule has 1 rings (SSSR count). The third-order valence-electron chi connectivity index (χ3n) is 3.07. The highest BCUT2D eigenvalue weighted by Crippen LogP contribution is 2.16. The lowest BCUT2D eigenvalue weighted by Crippen LogP contribution is -2.29. The summed E-state index contributed by atoms with van der Waals surface area (Å²) in [6.07, 6.45) is 1.57. The molecule has 0 unspecified atom stereocenters. The molecule has 1 N–H and O–H groups in total. The van der Waals surface area contributed by atoms with Crippen LogP contribution in [0, 0.1) is 6.92 Å². The quantitative estimate of drug-likeness (QED) is 0.707. The van der Waals surface area contributed by atoms with Gasteiger partial charge in [0, 0.05) is 24.5 Å². The van der Waals surface area contributed by atoms with Gasteiger partial charge in [0.1, 0.15) is 0 Å².